The van der Waals surface area contributed by atoms with Gasteiger partial charge < -0.3 is 10.2 Å². The lowest BCUT2D eigenvalue weighted by Crippen LogP contribution is -1.75. The van der Waals surface area contributed by atoms with Gasteiger partial charge in [0.1, 0.15) is 0 Å². The predicted octanol–water partition coefficient (Wildman–Crippen LogP) is 3.27. The van der Waals surface area contributed by atoms with Crippen LogP contribution in [-0.4, -0.2) is 10.2 Å². The van der Waals surface area contributed by atoms with Gasteiger partial charge in [-0.2, -0.15) is 0 Å². The molecule has 0 aliphatic rings. The molecule has 0 saturated heterocycles. The van der Waals surface area contributed by atoms with Crippen LogP contribution in [0.3, 0.4) is 0 Å². The fourth-order valence-electron chi connectivity index (χ4n) is 1.43. The summed E-state index contributed by atoms with van der Waals surface area (Å²) in [5.41, 5.74) is 1.65. The van der Waals surface area contributed by atoms with Crippen LogP contribution in [0.25, 0.3) is 12.2 Å². The number of para-hydroxylation sites is 1. The van der Waals surface area contributed by atoms with Crippen LogP contribution >= 0.6 is 0 Å². The monoisotopic (exact) mass is 212 g/mol. The molecule has 2 heteroatoms. The molecule has 80 valence electrons. The second kappa shape index (κ2) is 4.53. The summed E-state index contributed by atoms with van der Waals surface area (Å²) in [5, 5.41) is 18.9. The maximum absolute atomic E-state index is 9.57. The molecule has 0 spiro atoms. The molecule has 2 N–H and O–H groups in total. The fraction of sp³-hybridized carbons (Fsp3) is 0. The molecule has 0 aliphatic heterocycles. The molecule has 2 aromatic rings. The summed E-state index contributed by atoms with van der Waals surface area (Å²) in [6.07, 6.45) is 3.65. The van der Waals surface area contributed by atoms with E-state index in [0.717, 1.165) is 5.56 Å². The van der Waals surface area contributed by atoms with Gasteiger partial charge in [0.15, 0.2) is 11.5 Å². The van der Waals surface area contributed by atoms with Gasteiger partial charge in [-0.1, -0.05) is 54.6 Å². The van der Waals surface area contributed by atoms with Crippen molar-refractivity contribution in [1.82, 2.24) is 0 Å². The molecular formula is C14H12O2. The van der Waals surface area contributed by atoms with Crippen LogP contribution in [0.2, 0.25) is 0 Å². The Labute approximate surface area is 94.1 Å². The molecule has 16 heavy (non-hydrogen) atoms. The van der Waals surface area contributed by atoms with Crippen molar-refractivity contribution in [2.45, 2.75) is 0 Å². The van der Waals surface area contributed by atoms with Crippen molar-refractivity contribution in [2.75, 3.05) is 0 Å². The zero-order chi connectivity index (χ0) is 11.4. The van der Waals surface area contributed by atoms with E-state index in [2.05, 4.69) is 0 Å². The summed E-state index contributed by atoms with van der Waals surface area (Å²) in [7, 11) is 0. The van der Waals surface area contributed by atoms with E-state index in [1.807, 2.05) is 36.4 Å². The van der Waals surface area contributed by atoms with Crippen molar-refractivity contribution < 1.29 is 10.2 Å². The maximum Gasteiger partial charge on any atom is 0.164 e. The fourth-order valence-corrected chi connectivity index (χ4v) is 1.43. The molecule has 0 fully saturated rings. The normalized spacial score (nSPS) is 10.8. The van der Waals surface area contributed by atoms with Crippen LogP contribution < -0.4 is 0 Å². The van der Waals surface area contributed by atoms with Crippen molar-refractivity contribution in [1.29, 1.82) is 0 Å². The molecule has 0 radical (unpaired) electrons. The lowest BCUT2D eigenvalue weighted by Gasteiger charge is -2.00. The second-order valence-electron chi connectivity index (χ2n) is 3.46. The van der Waals surface area contributed by atoms with E-state index in [4.69, 9.17) is 0 Å². The Morgan fingerprint density at radius 3 is 2.25 bits per heavy atom. The lowest BCUT2D eigenvalue weighted by atomic mass is 10.1. The third-order valence-electron chi connectivity index (χ3n) is 2.30. The molecule has 2 nitrogen and oxygen atoms in total. The standard InChI is InChI=1S/C14H12O2/c15-13-8-4-7-12(14(13)16)10-9-11-5-2-1-3-6-11/h1-10,15-16H/b10-9+. The molecule has 0 heterocycles. The largest absolute Gasteiger partial charge is 0.504 e. The quantitative estimate of drug-likeness (QED) is 0.592. The molecule has 0 aliphatic carbocycles. The molecule has 0 amide bonds. The van der Waals surface area contributed by atoms with Crippen LogP contribution in [-0.2, 0) is 0 Å². The summed E-state index contributed by atoms with van der Waals surface area (Å²) in [5.74, 6) is -0.190. The van der Waals surface area contributed by atoms with Gasteiger partial charge >= 0.3 is 0 Å². The summed E-state index contributed by atoms with van der Waals surface area (Å²) >= 11 is 0. The molecule has 0 bridgehead atoms. The zero-order valence-corrected chi connectivity index (χ0v) is 8.67. The topological polar surface area (TPSA) is 40.5 Å². The van der Waals surface area contributed by atoms with E-state index >= 15 is 0 Å². The smallest absolute Gasteiger partial charge is 0.164 e. The van der Waals surface area contributed by atoms with Crippen LogP contribution in [0, 0.1) is 0 Å². The first-order chi connectivity index (χ1) is 7.77. The lowest BCUT2D eigenvalue weighted by molar-refractivity contribution is 0.403. The molecule has 2 aromatic carbocycles. The number of benzene rings is 2. The first-order valence-electron chi connectivity index (χ1n) is 5.01. The summed E-state index contributed by atoms with van der Waals surface area (Å²) < 4.78 is 0. The second-order valence-corrected chi connectivity index (χ2v) is 3.46. The van der Waals surface area contributed by atoms with E-state index in [9.17, 15) is 10.2 Å². The first kappa shape index (κ1) is 10.3. The maximum atomic E-state index is 9.57. The van der Waals surface area contributed by atoms with E-state index in [0.29, 0.717) is 5.56 Å². The van der Waals surface area contributed by atoms with Crippen LogP contribution in [0.4, 0.5) is 0 Å². The molecule has 0 aromatic heterocycles. The van der Waals surface area contributed by atoms with Gasteiger partial charge in [0.25, 0.3) is 0 Å². The van der Waals surface area contributed by atoms with Gasteiger partial charge in [-0.25, -0.2) is 0 Å². The highest BCUT2D eigenvalue weighted by Gasteiger charge is 2.01. The van der Waals surface area contributed by atoms with Gasteiger partial charge in [0, 0.05) is 5.56 Å². The number of phenolic OH excluding ortho intramolecular Hbond substituents is 2. The minimum Gasteiger partial charge on any atom is -0.504 e. The Bertz CT molecular complexity index is 501. The van der Waals surface area contributed by atoms with Gasteiger partial charge in [-0.05, 0) is 11.6 Å². The van der Waals surface area contributed by atoms with Crippen LogP contribution in [0.15, 0.2) is 48.5 Å². The highest BCUT2D eigenvalue weighted by molar-refractivity contribution is 5.73. The predicted molar refractivity (Wildman–Crippen MR) is 65.1 cm³/mol. The third-order valence-corrected chi connectivity index (χ3v) is 2.30. The van der Waals surface area contributed by atoms with Crippen molar-refractivity contribution >= 4 is 12.2 Å². The average Bonchev–Trinajstić information content (AvgIpc) is 2.32. The van der Waals surface area contributed by atoms with Crippen molar-refractivity contribution in [2.24, 2.45) is 0 Å². The summed E-state index contributed by atoms with van der Waals surface area (Å²) in [6, 6.07) is 14.7. The van der Waals surface area contributed by atoms with Crippen molar-refractivity contribution in [3.63, 3.8) is 0 Å². The molecule has 0 atom stereocenters. The SMILES string of the molecule is Oc1cccc(/C=C/c2ccccc2)c1O. The highest BCUT2D eigenvalue weighted by Crippen LogP contribution is 2.29. The minimum atomic E-state index is -0.102. The molecule has 2 rings (SSSR count). The van der Waals surface area contributed by atoms with E-state index in [1.165, 1.54) is 6.07 Å². The molecule has 0 unspecified atom stereocenters. The van der Waals surface area contributed by atoms with E-state index < -0.39 is 0 Å². The first-order valence-corrected chi connectivity index (χ1v) is 5.01. The van der Waals surface area contributed by atoms with Crippen LogP contribution in [0.5, 0.6) is 11.5 Å². The number of rotatable bonds is 2. The van der Waals surface area contributed by atoms with Crippen LogP contribution in [0.1, 0.15) is 11.1 Å². The van der Waals surface area contributed by atoms with E-state index in [-0.39, 0.29) is 11.5 Å². The molecular weight excluding hydrogens is 200 g/mol. The third kappa shape index (κ3) is 2.23. The summed E-state index contributed by atoms with van der Waals surface area (Å²) in [6.45, 7) is 0. The zero-order valence-electron chi connectivity index (χ0n) is 8.67. The number of hydrogen-bond acceptors (Lipinski definition) is 2. The Kier molecular flexibility index (Phi) is 2.92. The Hall–Kier alpha value is -2.22. The van der Waals surface area contributed by atoms with Gasteiger partial charge in [0.2, 0.25) is 0 Å². The summed E-state index contributed by atoms with van der Waals surface area (Å²) in [4.78, 5) is 0. The number of phenols is 2. The Morgan fingerprint density at radius 1 is 0.750 bits per heavy atom. The highest BCUT2D eigenvalue weighted by atomic mass is 16.3. The number of aromatic hydroxyl groups is 2. The minimum absolute atomic E-state index is 0.0883. The Balaban J connectivity index is 2.28. The Morgan fingerprint density at radius 2 is 1.50 bits per heavy atom. The number of hydrogen-bond donors (Lipinski definition) is 2. The van der Waals surface area contributed by atoms with Gasteiger partial charge in [-0.15, -0.1) is 0 Å². The molecule has 0 saturated carbocycles. The van der Waals surface area contributed by atoms with Crippen molar-refractivity contribution in [3.8, 4) is 11.5 Å². The van der Waals surface area contributed by atoms with E-state index in [1.54, 1.807) is 18.2 Å². The van der Waals surface area contributed by atoms with Crippen molar-refractivity contribution in [3.05, 3.63) is 59.7 Å². The van der Waals surface area contributed by atoms with Gasteiger partial charge in [0.05, 0.1) is 0 Å². The van der Waals surface area contributed by atoms with Gasteiger partial charge in [-0.3, -0.25) is 0 Å². The average molecular weight is 212 g/mol.